The van der Waals surface area contributed by atoms with Gasteiger partial charge in [0.15, 0.2) is 11.2 Å². The summed E-state index contributed by atoms with van der Waals surface area (Å²) in [6.07, 6.45) is 0. The Morgan fingerprint density at radius 3 is 2.88 bits per heavy atom. The van der Waals surface area contributed by atoms with Gasteiger partial charge in [0.2, 0.25) is 0 Å². The number of benzene rings is 1. The Balaban J connectivity index is 2.61. The van der Waals surface area contributed by atoms with Gasteiger partial charge >= 0.3 is 0 Å². The quantitative estimate of drug-likeness (QED) is 0.890. The van der Waals surface area contributed by atoms with E-state index < -0.39 is 5.91 Å². The zero-order valence-electron chi connectivity index (χ0n) is 9.12. The first kappa shape index (κ1) is 11.7. The summed E-state index contributed by atoms with van der Waals surface area (Å²) in [5.41, 5.74) is 0.0513. The predicted octanol–water partition coefficient (Wildman–Crippen LogP) is 2.20. The van der Waals surface area contributed by atoms with E-state index >= 15 is 0 Å². The minimum absolute atomic E-state index is 0.00776. The second kappa shape index (κ2) is 4.59. The normalized spacial score (nSPS) is 10.5. The number of hydrogen-bond acceptors (Lipinski definition) is 3. The number of fused-ring (bicyclic) bond motifs is 1. The molecule has 88 valence electrons. The number of rotatable bonds is 2. The molecule has 4 nitrogen and oxygen atoms in total. The van der Waals surface area contributed by atoms with Crippen LogP contribution in [0.1, 0.15) is 17.5 Å². The van der Waals surface area contributed by atoms with Crippen LogP contribution in [-0.4, -0.2) is 12.5 Å². The van der Waals surface area contributed by atoms with E-state index in [1.165, 1.54) is 12.1 Å². The highest BCUT2D eigenvalue weighted by Gasteiger charge is 2.11. The largest absolute Gasteiger partial charge is 0.451 e. The Bertz CT molecular complexity index is 633. The number of halogens is 1. The Labute approximate surface area is 102 Å². The highest BCUT2D eigenvalue weighted by molar-refractivity contribution is 6.31. The fraction of sp³-hybridized carbons (Fsp3) is 0.167. The standard InChI is InChI=1S/C12H10ClNO3/c1-2-14-12(16)11-6-9(15)8-4-3-7(13)5-10(8)17-11/h3-6H,2H2,1H3,(H,14,16). The van der Waals surface area contributed by atoms with Gasteiger partial charge in [-0.1, -0.05) is 11.6 Å². The first-order valence-corrected chi connectivity index (χ1v) is 5.51. The highest BCUT2D eigenvalue weighted by Crippen LogP contribution is 2.17. The molecule has 0 aliphatic heterocycles. The molecule has 0 aliphatic rings. The lowest BCUT2D eigenvalue weighted by Gasteiger charge is -2.03. The molecule has 0 unspecified atom stereocenters. The molecule has 0 aliphatic carbocycles. The SMILES string of the molecule is CCNC(=O)c1cc(=O)c2ccc(Cl)cc2o1. The topological polar surface area (TPSA) is 59.3 Å². The fourth-order valence-electron chi connectivity index (χ4n) is 1.49. The second-order valence-corrected chi connectivity index (χ2v) is 3.91. The maximum atomic E-state index is 11.7. The van der Waals surface area contributed by atoms with E-state index in [0.29, 0.717) is 22.5 Å². The molecule has 17 heavy (non-hydrogen) atoms. The maximum absolute atomic E-state index is 11.7. The molecule has 0 saturated carbocycles. The third-order valence-corrected chi connectivity index (χ3v) is 2.49. The average molecular weight is 252 g/mol. The van der Waals surface area contributed by atoms with Gasteiger partial charge in [-0.15, -0.1) is 0 Å². The highest BCUT2D eigenvalue weighted by atomic mass is 35.5. The van der Waals surface area contributed by atoms with E-state index in [-0.39, 0.29) is 11.2 Å². The van der Waals surface area contributed by atoms with Crippen LogP contribution in [0.2, 0.25) is 5.02 Å². The minimum Gasteiger partial charge on any atom is -0.451 e. The Hall–Kier alpha value is -1.81. The van der Waals surface area contributed by atoms with Gasteiger partial charge in [-0.25, -0.2) is 0 Å². The van der Waals surface area contributed by atoms with Gasteiger partial charge in [-0.05, 0) is 19.1 Å². The van der Waals surface area contributed by atoms with Crippen LogP contribution in [-0.2, 0) is 0 Å². The predicted molar refractivity (Wildman–Crippen MR) is 65.5 cm³/mol. The van der Waals surface area contributed by atoms with E-state index in [1.54, 1.807) is 19.1 Å². The summed E-state index contributed by atoms with van der Waals surface area (Å²) in [6, 6.07) is 5.87. The maximum Gasteiger partial charge on any atom is 0.287 e. The second-order valence-electron chi connectivity index (χ2n) is 3.47. The van der Waals surface area contributed by atoms with Gasteiger partial charge < -0.3 is 9.73 Å². The summed E-state index contributed by atoms with van der Waals surface area (Å²) in [5.74, 6) is -0.418. The van der Waals surface area contributed by atoms with E-state index in [2.05, 4.69) is 5.32 Å². The van der Waals surface area contributed by atoms with Crippen LogP contribution in [0.25, 0.3) is 11.0 Å². The number of amides is 1. The fourth-order valence-corrected chi connectivity index (χ4v) is 1.65. The van der Waals surface area contributed by atoms with E-state index in [9.17, 15) is 9.59 Å². The van der Waals surface area contributed by atoms with E-state index in [0.717, 1.165) is 0 Å². The lowest BCUT2D eigenvalue weighted by Crippen LogP contribution is -2.23. The van der Waals surface area contributed by atoms with Gasteiger partial charge in [-0.3, -0.25) is 9.59 Å². The lowest BCUT2D eigenvalue weighted by molar-refractivity contribution is 0.0929. The summed E-state index contributed by atoms with van der Waals surface area (Å²) in [4.78, 5) is 23.3. The number of nitrogens with one attached hydrogen (secondary N) is 1. The van der Waals surface area contributed by atoms with Gasteiger partial charge in [0.05, 0.1) is 5.39 Å². The molecule has 2 aromatic rings. The lowest BCUT2D eigenvalue weighted by atomic mass is 10.2. The average Bonchev–Trinajstić information content (AvgIpc) is 2.28. The third-order valence-electron chi connectivity index (χ3n) is 2.25. The molecule has 0 spiro atoms. The van der Waals surface area contributed by atoms with Gasteiger partial charge in [0.1, 0.15) is 5.58 Å². The Morgan fingerprint density at radius 2 is 2.18 bits per heavy atom. The smallest absolute Gasteiger partial charge is 0.287 e. The van der Waals surface area contributed by atoms with Gasteiger partial charge in [-0.2, -0.15) is 0 Å². The molecule has 0 radical (unpaired) electrons. The number of hydrogen-bond donors (Lipinski definition) is 1. The van der Waals surface area contributed by atoms with Crippen LogP contribution < -0.4 is 10.7 Å². The van der Waals surface area contributed by atoms with Crippen molar-refractivity contribution in [3.8, 4) is 0 Å². The molecule has 0 saturated heterocycles. The molecule has 1 aromatic carbocycles. The van der Waals surface area contributed by atoms with Crippen molar-refractivity contribution >= 4 is 28.5 Å². The van der Waals surface area contributed by atoms with E-state index in [4.69, 9.17) is 16.0 Å². The van der Waals surface area contributed by atoms with Crippen molar-refractivity contribution in [3.63, 3.8) is 0 Å². The van der Waals surface area contributed by atoms with Crippen LogP contribution >= 0.6 is 11.6 Å². The van der Waals surface area contributed by atoms with Crippen molar-refractivity contribution in [2.24, 2.45) is 0 Å². The van der Waals surface area contributed by atoms with Crippen molar-refractivity contribution in [2.75, 3.05) is 6.54 Å². The van der Waals surface area contributed by atoms with Crippen LogP contribution in [0.15, 0.2) is 33.5 Å². The van der Waals surface area contributed by atoms with Gasteiger partial charge in [0, 0.05) is 23.7 Å². The van der Waals surface area contributed by atoms with Gasteiger partial charge in [0.25, 0.3) is 5.91 Å². The van der Waals surface area contributed by atoms with E-state index in [1.807, 2.05) is 0 Å². The Morgan fingerprint density at radius 1 is 1.41 bits per heavy atom. The first-order chi connectivity index (χ1) is 8.11. The molecular formula is C12H10ClNO3. The number of carbonyl (C=O) groups is 1. The van der Waals surface area contributed by atoms with Crippen molar-refractivity contribution in [1.29, 1.82) is 0 Å². The molecule has 2 rings (SSSR count). The summed E-state index contributed by atoms with van der Waals surface area (Å²) >= 11 is 5.80. The molecule has 0 atom stereocenters. The molecule has 5 heteroatoms. The molecule has 1 N–H and O–H groups in total. The third kappa shape index (κ3) is 2.31. The first-order valence-electron chi connectivity index (χ1n) is 5.13. The molecule has 0 fully saturated rings. The zero-order valence-corrected chi connectivity index (χ0v) is 9.88. The minimum atomic E-state index is -0.411. The molecule has 1 aromatic heterocycles. The van der Waals surface area contributed by atoms with Crippen molar-refractivity contribution in [3.05, 3.63) is 45.3 Å². The number of carbonyl (C=O) groups excluding carboxylic acids is 1. The molecule has 0 bridgehead atoms. The van der Waals surface area contributed by atoms with Crippen molar-refractivity contribution in [1.82, 2.24) is 5.32 Å². The summed E-state index contributed by atoms with van der Waals surface area (Å²) < 4.78 is 5.34. The summed E-state index contributed by atoms with van der Waals surface area (Å²) in [7, 11) is 0. The Kier molecular flexibility index (Phi) is 3.15. The van der Waals surface area contributed by atoms with Crippen LogP contribution in [0.3, 0.4) is 0 Å². The van der Waals surface area contributed by atoms with Crippen LogP contribution in [0.4, 0.5) is 0 Å². The van der Waals surface area contributed by atoms with Crippen molar-refractivity contribution in [2.45, 2.75) is 6.92 Å². The molecular weight excluding hydrogens is 242 g/mol. The zero-order chi connectivity index (χ0) is 12.4. The molecule has 1 amide bonds. The van der Waals surface area contributed by atoms with Crippen LogP contribution in [0.5, 0.6) is 0 Å². The van der Waals surface area contributed by atoms with Crippen molar-refractivity contribution < 1.29 is 9.21 Å². The summed E-state index contributed by atoms with van der Waals surface area (Å²) in [6.45, 7) is 2.25. The van der Waals surface area contributed by atoms with Crippen LogP contribution in [0, 0.1) is 0 Å². The monoisotopic (exact) mass is 251 g/mol. The summed E-state index contributed by atoms with van der Waals surface area (Å²) in [5, 5.41) is 3.42. The molecule has 1 heterocycles.